The first-order valence-corrected chi connectivity index (χ1v) is 9.41. The van der Waals surface area contributed by atoms with E-state index in [1.807, 2.05) is 0 Å². The van der Waals surface area contributed by atoms with E-state index in [-0.39, 0.29) is 11.7 Å². The number of nitrogens with one attached hydrogen (secondary N) is 1. The summed E-state index contributed by atoms with van der Waals surface area (Å²) >= 11 is 2.99. The molecule has 2 aromatic rings. The van der Waals surface area contributed by atoms with Gasteiger partial charge in [0, 0.05) is 11.4 Å². The molecule has 1 aliphatic rings. The number of carbonyl (C=O) groups excluding carboxylic acids is 1. The zero-order valence-corrected chi connectivity index (χ0v) is 14.6. The van der Waals surface area contributed by atoms with Crippen LogP contribution in [0.3, 0.4) is 0 Å². The normalized spacial score (nSPS) is 16.8. The zero-order valence-electron chi connectivity index (χ0n) is 13.0. The standard InChI is InChI=1S/C16H19N3O2S2/c1-3-6-17-14(20)9-22-16-19-18-15(21-16)13-8-11-7-10(2)4-5-12(11)23-13/h3,8,10H,1,4-7,9H2,2H3,(H,17,20)/t10-/m0/s1. The molecule has 1 atom stereocenters. The van der Waals surface area contributed by atoms with Gasteiger partial charge in [0.05, 0.1) is 10.6 Å². The van der Waals surface area contributed by atoms with Crippen LogP contribution >= 0.6 is 23.1 Å². The highest BCUT2D eigenvalue weighted by Crippen LogP contribution is 2.37. The van der Waals surface area contributed by atoms with E-state index in [1.54, 1.807) is 17.4 Å². The van der Waals surface area contributed by atoms with Gasteiger partial charge in [0.25, 0.3) is 11.1 Å². The molecule has 0 spiro atoms. The fourth-order valence-corrected chi connectivity index (χ4v) is 4.27. The number of rotatable bonds is 6. The lowest BCUT2D eigenvalue weighted by atomic mass is 9.90. The monoisotopic (exact) mass is 349 g/mol. The van der Waals surface area contributed by atoms with Crippen LogP contribution in [-0.2, 0) is 17.6 Å². The maximum absolute atomic E-state index is 11.5. The van der Waals surface area contributed by atoms with Gasteiger partial charge in [-0.2, -0.15) is 0 Å². The van der Waals surface area contributed by atoms with E-state index >= 15 is 0 Å². The van der Waals surface area contributed by atoms with Crippen LogP contribution in [0.15, 0.2) is 28.4 Å². The quantitative estimate of drug-likeness (QED) is 0.640. The summed E-state index contributed by atoms with van der Waals surface area (Å²) in [5.41, 5.74) is 1.42. The summed E-state index contributed by atoms with van der Waals surface area (Å²) in [6.45, 7) is 6.32. The molecule has 0 radical (unpaired) electrons. The Morgan fingerprint density at radius 3 is 3.30 bits per heavy atom. The summed E-state index contributed by atoms with van der Waals surface area (Å²) in [6, 6.07) is 2.18. The molecule has 3 rings (SSSR count). The van der Waals surface area contributed by atoms with Crippen LogP contribution in [0.4, 0.5) is 0 Å². The number of hydrogen-bond acceptors (Lipinski definition) is 6. The maximum Gasteiger partial charge on any atom is 0.277 e. The van der Waals surface area contributed by atoms with E-state index in [4.69, 9.17) is 4.42 Å². The summed E-state index contributed by atoms with van der Waals surface area (Å²) < 4.78 is 5.68. The van der Waals surface area contributed by atoms with Gasteiger partial charge in [-0.15, -0.1) is 28.1 Å². The average Bonchev–Trinajstić information content (AvgIpc) is 3.16. The average molecular weight is 349 g/mol. The number of fused-ring (bicyclic) bond motifs is 1. The van der Waals surface area contributed by atoms with Gasteiger partial charge in [-0.3, -0.25) is 4.79 Å². The second-order valence-corrected chi connectivity index (χ2v) is 7.72. The van der Waals surface area contributed by atoms with Gasteiger partial charge in [0.1, 0.15) is 0 Å². The van der Waals surface area contributed by atoms with Gasteiger partial charge in [-0.1, -0.05) is 24.8 Å². The van der Waals surface area contributed by atoms with Crippen molar-refractivity contribution in [3.63, 3.8) is 0 Å². The molecule has 0 fully saturated rings. The van der Waals surface area contributed by atoms with Crippen molar-refractivity contribution in [2.75, 3.05) is 12.3 Å². The maximum atomic E-state index is 11.5. The lowest BCUT2D eigenvalue weighted by molar-refractivity contribution is -0.118. The number of aromatic nitrogens is 2. The third-order valence-electron chi connectivity index (χ3n) is 3.72. The van der Waals surface area contributed by atoms with Gasteiger partial charge in [-0.25, -0.2) is 0 Å². The number of amides is 1. The van der Waals surface area contributed by atoms with Crippen LogP contribution in [0, 0.1) is 5.92 Å². The Hall–Kier alpha value is -1.60. The Balaban J connectivity index is 1.63. The molecule has 0 saturated heterocycles. The SMILES string of the molecule is C=CCNC(=O)CSc1nnc(-c2cc3c(s2)CC[C@H](C)C3)o1. The van der Waals surface area contributed by atoms with Crippen molar-refractivity contribution < 1.29 is 9.21 Å². The third kappa shape index (κ3) is 4.03. The minimum absolute atomic E-state index is 0.0739. The molecule has 0 bridgehead atoms. The van der Waals surface area contributed by atoms with E-state index in [0.717, 1.165) is 23.6 Å². The molecule has 1 aliphatic carbocycles. The lowest BCUT2D eigenvalue weighted by Crippen LogP contribution is -2.24. The number of thioether (sulfide) groups is 1. The molecule has 0 unspecified atom stereocenters. The van der Waals surface area contributed by atoms with Crippen LogP contribution < -0.4 is 5.32 Å². The zero-order chi connectivity index (χ0) is 16.2. The summed E-state index contributed by atoms with van der Waals surface area (Å²) in [5, 5.41) is 11.3. The number of nitrogens with zero attached hydrogens (tertiary/aromatic N) is 2. The molecule has 0 aromatic carbocycles. The Labute approximate surface area is 143 Å². The Bertz CT molecular complexity index is 708. The van der Waals surface area contributed by atoms with Crippen molar-refractivity contribution in [1.82, 2.24) is 15.5 Å². The van der Waals surface area contributed by atoms with Crippen molar-refractivity contribution in [3.8, 4) is 10.8 Å². The molecular weight excluding hydrogens is 330 g/mol. The highest BCUT2D eigenvalue weighted by Gasteiger charge is 2.21. The topological polar surface area (TPSA) is 68.0 Å². The van der Waals surface area contributed by atoms with Gasteiger partial charge >= 0.3 is 0 Å². The van der Waals surface area contributed by atoms with Crippen molar-refractivity contribution in [3.05, 3.63) is 29.2 Å². The summed E-state index contributed by atoms with van der Waals surface area (Å²) in [6.07, 6.45) is 5.16. The lowest BCUT2D eigenvalue weighted by Gasteiger charge is -2.16. The second-order valence-electron chi connectivity index (χ2n) is 5.66. The molecule has 0 aliphatic heterocycles. The van der Waals surface area contributed by atoms with Crippen LogP contribution in [0.5, 0.6) is 0 Å². The van der Waals surface area contributed by atoms with Crippen LogP contribution in [0.25, 0.3) is 10.8 Å². The van der Waals surface area contributed by atoms with E-state index in [2.05, 4.69) is 35.1 Å². The van der Waals surface area contributed by atoms with E-state index < -0.39 is 0 Å². The number of carbonyl (C=O) groups is 1. The molecular formula is C16H19N3O2S2. The molecule has 122 valence electrons. The number of thiophene rings is 1. The first-order valence-electron chi connectivity index (χ1n) is 7.61. The fraction of sp³-hybridized carbons (Fsp3) is 0.438. The minimum atomic E-state index is -0.0739. The van der Waals surface area contributed by atoms with Crippen LogP contribution in [0.2, 0.25) is 0 Å². The highest BCUT2D eigenvalue weighted by molar-refractivity contribution is 7.99. The van der Waals surface area contributed by atoms with Crippen molar-refractivity contribution >= 4 is 29.0 Å². The van der Waals surface area contributed by atoms with Gasteiger partial charge < -0.3 is 9.73 Å². The first-order chi connectivity index (χ1) is 11.2. The highest BCUT2D eigenvalue weighted by atomic mass is 32.2. The fourth-order valence-electron chi connectivity index (χ4n) is 2.54. The van der Waals surface area contributed by atoms with Gasteiger partial charge in [0.15, 0.2) is 0 Å². The van der Waals surface area contributed by atoms with Crippen molar-refractivity contribution in [2.24, 2.45) is 5.92 Å². The molecule has 2 heterocycles. The third-order valence-corrected chi connectivity index (χ3v) is 5.76. The second kappa shape index (κ2) is 7.31. The Morgan fingerprint density at radius 2 is 2.48 bits per heavy atom. The predicted molar refractivity (Wildman–Crippen MR) is 92.7 cm³/mol. The van der Waals surface area contributed by atoms with E-state index in [0.29, 0.717) is 17.7 Å². The van der Waals surface area contributed by atoms with E-state index in [9.17, 15) is 4.79 Å². The Morgan fingerprint density at radius 1 is 1.61 bits per heavy atom. The van der Waals surface area contributed by atoms with Crippen LogP contribution in [-0.4, -0.2) is 28.4 Å². The first kappa shape index (κ1) is 16.3. The molecule has 7 heteroatoms. The Kier molecular flexibility index (Phi) is 5.17. The van der Waals surface area contributed by atoms with E-state index in [1.165, 1.54) is 28.6 Å². The molecule has 1 amide bonds. The predicted octanol–water partition coefficient (Wildman–Crippen LogP) is 3.32. The molecule has 23 heavy (non-hydrogen) atoms. The molecule has 1 N–H and O–H groups in total. The molecule has 2 aromatic heterocycles. The largest absolute Gasteiger partial charge is 0.410 e. The number of hydrogen-bond donors (Lipinski definition) is 1. The molecule has 5 nitrogen and oxygen atoms in total. The van der Waals surface area contributed by atoms with Crippen molar-refractivity contribution in [1.29, 1.82) is 0 Å². The summed E-state index contributed by atoms with van der Waals surface area (Å²) in [5.74, 6) is 1.47. The van der Waals surface area contributed by atoms with Gasteiger partial charge in [-0.05, 0) is 36.8 Å². The smallest absolute Gasteiger partial charge is 0.277 e. The molecule has 0 saturated carbocycles. The minimum Gasteiger partial charge on any atom is -0.410 e. The summed E-state index contributed by atoms with van der Waals surface area (Å²) in [4.78, 5) is 14.0. The van der Waals surface area contributed by atoms with Gasteiger partial charge in [0.2, 0.25) is 5.91 Å². The van der Waals surface area contributed by atoms with Crippen LogP contribution in [0.1, 0.15) is 23.8 Å². The summed E-state index contributed by atoms with van der Waals surface area (Å²) in [7, 11) is 0. The number of aryl methyl sites for hydroxylation is 1. The van der Waals surface area contributed by atoms with Crippen molar-refractivity contribution in [2.45, 2.75) is 31.4 Å².